The molecule has 0 radical (unpaired) electrons. The largest absolute Gasteiger partial charge is 0.368 e. The number of primary amides is 1. The maximum Gasteiger partial charge on any atom is 0.237 e. The lowest BCUT2D eigenvalue weighted by Gasteiger charge is -2.19. The van der Waals surface area contributed by atoms with E-state index in [0.29, 0.717) is 16.5 Å². The molecule has 0 bridgehead atoms. The lowest BCUT2D eigenvalue weighted by Crippen LogP contribution is -2.49. The molecule has 6 heteroatoms. The van der Waals surface area contributed by atoms with Gasteiger partial charge in [-0.05, 0) is 43.7 Å². The Morgan fingerprint density at radius 1 is 1.32 bits per heavy atom. The SMILES string of the molecule is CC(N)(CCCCSc1ccc(Cl)c(Cl)c1)C(N)=O. The Morgan fingerprint density at radius 2 is 2.00 bits per heavy atom. The van der Waals surface area contributed by atoms with E-state index in [0.717, 1.165) is 23.5 Å². The maximum absolute atomic E-state index is 11.0. The van der Waals surface area contributed by atoms with E-state index in [1.54, 1.807) is 24.8 Å². The number of hydrogen-bond acceptors (Lipinski definition) is 3. The first kappa shape index (κ1) is 16.6. The third-order valence-corrected chi connectivity index (χ3v) is 4.63. The Morgan fingerprint density at radius 3 is 2.58 bits per heavy atom. The van der Waals surface area contributed by atoms with Crippen molar-refractivity contribution in [2.75, 3.05) is 5.75 Å². The molecule has 0 saturated heterocycles. The first-order valence-corrected chi connectivity index (χ1v) is 7.74. The minimum Gasteiger partial charge on any atom is -0.368 e. The fourth-order valence-corrected chi connectivity index (χ4v) is 2.79. The van der Waals surface area contributed by atoms with Crippen LogP contribution in [-0.4, -0.2) is 17.2 Å². The minimum atomic E-state index is -0.908. The number of rotatable bonds is 7. The molecule has 0 aliphatic heterocycles. The van der Waals surface area contributed by atoms with Crippen LogP contribution in [0.3, 0.4) is 0 Å². The van der Waals surface area contributed by atoms with Crippen molar-refractivity contribution < 1.29 is 4.79 Å². The van der Waals surface area contributed by atoms with Gasteiger partial charge in [0.2, 0.25) is 5.91 Å². The van der Waals surface area contributed by atoms with Crippen molar-refractivity contribution in [2.45, 2.75) is 36.6 Å². The number of hydrogen-bond donors (Lipinski definition) is 2. The molecular formula is C13H18Cl2N2OS. The molecule has 1 aromatic rings. The topological polar surface area (TPSA) is 69.1 Å². The zero-order valence-corrected chi connectivity index (χ0v) is 13.1. The number of halogens is 2. The normalized spacial score (nSPS) is 14.1. The zero-order chi connectivity index (χ0) is 14.5. The van der Waals surface area contributed by atoms with Crippen LogP contribution < -0.4 is 11.5 Å². The molecule has 0 fully saturated rings. The molecule has 19 heavy (non-hydrogen) atoms. The fraction of sp³-hybridized carbons (Fsp3) is 0.462. The molecule has 0 aromatic heterocycles. The Hall–Kier alpha value is -0.420. The van der Waals surface area contributed by atoms with Crippen LogP contribution in [0.1, 0.15) is 26.2 Å². The molecular weight excluding hydrogens is 303 g/mol. The number of carbonyl (C=O) groups excluding carboxylic acids is 1. The van der Waals surface area contributed by atoms with E-state index in [-0.39, 0.29) is 0 Å². The van der Waals surface area contributed by atoms with Crippen LogP contribution in [-0.2, 0) is 4.79 Å². The Balaban J connectivity index is 2.28. The number of nitrogens with two attached hydrogens (primary N) is 2. The van der Waals surface area contributed by atoms with Gasteiger partial charge in [-0.3, -0.25) is 4.79 Å². The first-order valence-electron chi connectivity index (χ1n) is 5.99. The Labute approximate surface area is 128 Å². The standard InChI is InChI=1S/C13H18Cl2N2OS/c1-13(17,12(16)18)6-2-3-7-19-9-4-5-10(14)11(15)8-9/h4-5,8H,2-3,6-7,17H2,1H3,(H2,16,18). The molecule has 0 saturated carbocycles. The van der Waals surface area contributed by atoms with Crippen molar-refractivity contribution in [2.24, 2.45) is 11.5 Å². The summed E-state index contributed by atoms with van der Waals surface area (Å²) in [4.78, 5) is 12.1. The van der Waals surface area contributed by atoms with Crippen molar-refractivity contribution in [3.63, 3.8) is 0 Å². The summed E-state index contributed by atoms with van der Waals surface area (Å²) in [5.41, 5.74) is 10.1. The van der Waals surface area contributed by atoms with Crippen LogP contribution in [0.4, 0.5) is 0 Å². The van der Waals surface area contributed by atoms with E-state index in [2.05, 4.69) is 0 Å². The second kappa shape index (κ2) is 7.39. The van der Waals surface area contributed by atoms with E-state index in [4.69, 9.17) is 34.7 Å². The van der Waals surface area contributed by atoms with Crippen LogP contribution >= 0.6 is 35.0 Å². The molecule has 0 spiro atoms. The summed E-state index contributed by atoms with van der Waals surface area (Å²) in [6.07, 6.45) is 2.43. The van der Waals surface area contributed by atoms with Crippen LogP contribution in [0.5, 0.6) is 0 Å². The highest BCUT2D eigenvalue weighted by molar-refractivity contribution is 7.99. The van der Waals surface area contributed by atoms with Gasteiger partial charge in [0.25, 0.3) is 0 Å². The van der Waals surface area contributed by atoms with E-state index < -0.39 is 11.4 Å². The highest BCUT2D eigenvalue weighted by atomic mass is 35.5. The first-order chi connectivity index (χ1) is 8.83. The van der Waals surface area contributed by atoms with E-state index >= 15 is 0 Å². The van der Waals surface area contributed by atoms with Crippen molar-refractivity contribution in [1.29, 1.82) is 0 Å². The molecule has 0 heterocycles. The third-order valence-electron chi connectivity index (χ3n) is 2.81. The van der Waals surface area contributed by atoms with Gasteiger partial charge >= 0.3 is 0 Å². The van der Waals surface area contributed by atoms with E-state index in [1.165, 1.54) is 0 Å². The third kappa shape index (κ3) is 5.61. The van der Waals surface area contributed by atoms with Gasteiger partial charge in [0.1, 0.15) is 0 Å². The van der Waals surface area contributed by atoms with Gasteiger partial charge in [-0.2, -0.15) is 0 Å². The predicted molar refractivity (Wildman–Crippen MR) is 82.8 cm³/mol. The van der Waals surface area contributed by atoms with Crippen molar-refractivity contribution in [3.8, 4) is 0 Å². The lowest BCUT2D eigenvalue weighted by molar-refractivity contribution is -0.122. The summed E-state index contributed by atoms with van der Waals surface area (Å²) in [6, 6.07) is 5.58. The van der Waals surface area contributed by atoms with Crippen LogP contribution in [0.25, 0.3) is 0 Å². The molecule has 1 atom stereocenters. The molecule has 1 amide bonds. The van der Waals surface area contributed by atoms with Crippen LogP contribution in [0, 0.1) is 0 Å². The van der Waals surface area contributed by atoms with Crippen LogP contribution in [0.15, 0.2) is 23.1 Å². The summed E-state index contributed by atoms with van der Waals surface area (Å²) >= 11 is 13.5. The van der Waals surface area contributed by atoms with Gasteiger partial charge in [0.15, 0.2) is 0 Å². The van der Waals surface area contributed by atoms with Crippen molar-refractivity contribution in [3.05, 3.63) is 28.2 Å². The van der Waals surface area contributed by atoms with Crippen molar-refractivity contribution in [1.82, 2.24) is 0 Å². The summed E-state index contributed by atoms with van der Waals surface area (Å²) in [5.74, 6) is 0.483. The van der Waals surface area contributed by atoms with E-state index in [9.17, 15) is 4.79 Å². The van der Waals surface area contributed by atoms with E-state index in [1.807, 2.05) is 12.1 Å². The van der Waals surface area contributed by atoms with Gasteiger partial charge in [-0.25, -0.2) is 0 Å². The summed E-state index contributed by atoms with van der Waals surface area (Å²) in [6.45, 7) is 1.67. The highest BCUT2D eigenvalue weighted by Crippen LogP contribution is 2.28. The monoisotopic (exact) mass is 320 g/mol. The van der Waals surface area contributed by atoms with Crippen molar-refractivity contribution >= 4 is 40.9 Å². The van der Waals surface area contributed by atoms with Crippen LogP contribution in [0.2, 0.25) is 10.0 Å². The lowest BCUT2D eigenvalue weighted by atomic mass is 9.96. The zero-order valence-electron chi connectivity index (χ0n) is 10.8. The second-order valence-corrected chi connectivity index (χ2v) is 6.65. The van der Waals surface area contributed by atoms with Gasteiger partial charge < -0.3 is 11.5 Å². The molecule has 0 aliphatic carbocycles. The molecule has 1 unspecified atom stereocenters. The number of thioether (sulfide) groups is 1. The Kier molecular flexibility index (Phi) is 6.47. The summed E-state index contributed by atoms with van der Waals surface area (Å²) < 4.78 is 0. The minimum absolute atomic E-state index is 0.454. The number of benzene rings is 1. The molecule has 3 nitrogen and oxygen atoms in total. The Bertz CT molecular complexity index is 452. The van der Waals surface area contributed by atoms with Gasteiger partial charge in [-0.1, -0.05) is 29.6 Å². The number of unbranched alkanes of at least 4 members (excludes halogenated alkanes) is 1. The van der Waals surface area contributed by atoms with Gasteiger partial charge in [0.05, 0.1) is 15.6 Å². The molecule has 4 N–H and O–H groups in total. The average molecular weight is 321 g/mol. The smallest absolute Gasteiger partial charge is 0.237 e. The second-order valence-electron chi connectivity index (χ2n) is 4.66. The van der Waals surface area contributed by atoms with Gasteiger partial charge in [0, 0.05) is 4.90 Å². The van der Waals surface area contributed by atoms with Gasteiger partial charge in [-0.15, -0.1) is 11.8 Å². The maximum atomic E-state index is 11.0. The average Bonchev–Trinajstić information content (AvgIpc) is 2.33. The molecule has 0 aliphatic rings. The highest BCUT2D eigenvalue weighted by Gasteiger charge is 2.24. The fourth-order valence-electron chi connectivity index (χ4n) is 1.47. The number of amides is 1. The molecule has 1 rings (SSSR count). The predicted octanol–water partition coefficient (Wildman–Crippen LogP) is 3.46. The molecule has 1 aromatic carbocycles. The number of carbonyl (C=O) groups is 1. The molecule has 106 valence electrons. The quantitative estimate of drug-likeness (QED) is 0.597. The summed E-state index contributed by atoms with van der Waals surface area (Å²) in [5, 5.41) is 1.13. The summed E-state index contributed by atoms with van der Waals surface area (Å²) in [7, 11) is 0.